The van der Waals surface area contributed by atoms with E-state index in [9.17, 15) is 18.8 Å². The van der Waals surface area contributed by atoms with E-state index in [2.05, 4.69) is 5.32 Å². The number of cyclic esters (lactones) is 2. The fraction of sp³-hybridized carbons (Fsp3) is 0.375. The summed E-state index contributed by atoms with van der Waals surface area (Å²) in [5.41, 5.74) is 5.86. The molecule has 0 spiro atoms. The number of carbonyl (C=O) groups is 3. The first kappa shape index (κ1) is 25.3. The first-order valence-electron chi connectivity index (χ1n) is 11.3. The summed E-state index contributed by atoms with van der Waals surface area (Å²) < 4.78 is 45.7. The van der Waals surface area contributed by atoms with Crippen LogP contribution in [-0.2, 0) is 19.0 Å². The molecule has 0 aromatic heterocycles. The number of nitrogens with zero attached hydrogens (tertiary/aromatic N) is 2. The van der Waals surface area contributed by atoms with Crippen molar-refractivity contribution in [3.8, 4) is 11.1 Å². The molecule has 0 aliphatic carbocycles. The molecule has 3 N–H and O–H groups in total. The van der Waals surface area contributed by atoms with Crippen LogP contribution in [0.4, 0.5) is 29.7 Å². The highest BCUT2D eigenvalue weighted by molar-refractivity contribution is 5.91. The number of carbonyl (C=O) groups excluding carboxylic acids is 3. The number of amides is 3. The van der Waals surface area contributed by atoms with Gasteiger partial charge in [0, 0.05) is 24.6 Å². The molecule has 2 fully saturated rings. The van der Waals surface area contributed by atoms with Crippen LogP contribution in [0.15, 0.2) is 36.4 Å². The number of ether oxygens (including phenoxy) is 3. The van der Waals surface area contributed by atoms with Crippen LogP contribution in [0.5, 0.6) is 0 Å². The molecular weight excluding hydrogens is 478 g/mol. The quantitative estimate of drug-likeness (QED) is 0.503. The SMILES string of the molecule is CC(=O)NC[C@H]1CN(c2ccc(-c3ccc(N4C[C@H](COCCN)OC4=O)cc3F)c(F)c2)C(=O)O1. The predicted octanol–water partition coefficient (Wildman–Crippen LogP) is 2.39. The highest BCUT2D eigenvalue weighted by Gasteiger charge is 2.34. The number of halogens is 2. The third-order valence-electron chi connectivity index (χ3n) is 5.71. The van der Waals surface area contributed by atoms with Crippen LogP contribution in [0.25, 0.3) is 11.1 Å². The number of hydrogen-bond donors (Lipinski definition) is 2. The molecule has 36 heavy (non-hydrogen) atoms. The molecule has 2 aliphatic rings. The molecule has 0 bridgehead atoms. The zero-order valence-electron chi connectivity index (χ0n) is 19.5. The Kier molecular flexibility index (Phi) is 7.65. The van der Waals surface area contributed by atoms with Gasteiger partial charge in [-0.25, -0.2) is 18.4 Å². The van der Waals surface area contributed by atoms with Crippen LogP contribution in [-0.4, -0.2) is 69.7 Å². The Labute approximate surface area is 205 Å². The number of rotatable bonds is 9. The van der Waals surface area contributed by atoms with Crippen LogP contribution in [0.3, 0.4) is 0 Å². The van der Waals surface area contributed by atoms with Crippen molar-refractivity contribution < 1.29 is 37.4 Å². The van der Waals surface area contributed by atoms with Gasteiger partial charge in [0.2, 0.25) is 5.91 Å². The van der Waals surface area contributed by atoms with E-state index in [4.69, 9.17) is 19.9 Å². The third-order valence-corrected chi connectivity index (χ3v) is 5.71. The molecule has 4 rings (SSSR count). The molecule has 192 valence electrons. The van der Waals surface area contributed by atoms with E-state index in [0.717, 1.165) is 12.1 Å². The highest BCUT2D eigenvalue weighted by atomic mass is 19.1. The monoisotopic (exact) mass is 504 g/mol. The van der Waals surface area contributed by atoms with E-state index < -0.39 is 36.0 Å². The standard InChI is InChI=1S/C24H26F2N4O6/c1-14(31)28-10-17-11-29(23(32)35-17)15-2-4-19(21(25)8-15)20-5-3-16(9-22(20)26)30-12-18(36-24(30)33)13-34-7-6-27/h2-5,8-9,17-18H,6-7,10-13,27H2,1H3,(H,28,31)/t17-,18+/m0/s1. The lowest BCUT2D eigenvalue weighted by atomic mass is 10.0. The average molecular weight is 504 g/mol. The lowest BCUT2D eigenvalue weighted by molar-refractivity contribution is -0.119. The summed E-state index contributed by atoms with van der Waals surface area (Å²) in [6, 6.07) is 7.98. The van der Waals surface area contributed by atoms with Gasteiger partial charge in [0.25, 0.3) is 0 Å². The minimum Gasteiger partial charge on any atom is -0.442 e. The fourth-order valence-corrected chi connectivity index (χ4v) is 3.99. The largest absolute Gasteiger partial charge is 0.442 e. The van der Waals surface area contributed by atoms with Crippen LogP contribution in [0.2, 0.25) is 0 Å². The summed E-state index contributed by atoms with van der Waals surface area (Å²) in [6.45, 7) is 2.65. The van der Waals surface area contributed by atoms with Gasteiger partial charge in [0.05, 0.1) is 44.2 Å². The second-order valence-electron chi connectivity index (χ2n) is 8.36. The molecule has 2 atom stereocenters. The van der Waals surface area contributed by atoms with Gasteiger partial charge in [-0.1, -0.05) is 0 Å². The predicted molar refractivity (Wildman–Crippen MR) is 126 cm³/mol. The Morgan fingerprint density at radius 3 is 2.03 bits per heavy atom. The minimum absolute atomic E-state index is 0.00859. The lowest BCUT2D eigenvalue weighted by Crippen LogP contribution is -2.33. The van der Waals surface area contributed by atoms with Gasteiger partial charge >= 0.3 is 12.2 Å². The van der Waals surface area contributed by atoms with Crippen LogP contribution in [0, 0.1) is 11.6 Å². The van der Waals surface area contributed by atoms with Crippen molar-refractivity contribution in [2.75, 3.05) is 49.2 Å². The normalized spacial score (nSPS) is 19.4. The second-order valence-corrected chi connectivity index (χ2v) is 8.36. The maximum atomic E-state index is 15.0. The molecule has 3 amide bonds. The second kappa shape index (κ2) is 10.9. The van der Waals surface area contributed by atoms with Crippen molar-refractivity contribution in [3.05, 3.63) is 48.0 Å². The molecule has 0 unspecified atom stereocenters. The maximum Gasteiger partial charge on any atom is 0.414 e. The molecule has 0 radical (unpaired) electrons. The van der Waals surface area contributed by atoms with Gasteiger partial charge in [-0.2, -0.15) is 0 Å². The summed E-state index contributed by atoms with van der Waals surface area (Å²) >= 11 is 0. The van der Waals surface area contributed by atoms with Crippen LogP contribution < -0.4 is 20.9 Å². The Morgan fingerprint density at radius 1 is 1.00 bits per heavy atom. The first-order valence-corrected chi connectivity index (χ1v) is 11.3. The van der Waals surface area contributed by atoms with E-state index in [-0.39, 0.29) is 54.7 Å². The van der Waals surface area contributed by atoms with Crippen LogP contribution in [0.1, 0.15) is 6.92 Å². The van der Waals surface area contributed by atoms with Crippen molar-refractivity contribution in [1.82, 2.24) is 5.32 Å². The number of anilines is 2. The van der Waals surface area contributed by atoms with Gasteiger partial charge in [0.1, 0.15) is 23.8 Å². The molecule has 2 aliphatic heterocycles. The van der Waals surface area contributed by atoms with E-state index in [1.165, 1.54) is 41.0 Å². The molecular formula is C24H26F2N4O6. The molecule has 10 nitrogen and oxygen atoms in total. The molecule has 12 heteroatoms. The highest BCUT2D eigenvalue weighted by Crippen LogP contribution is 2.33. The lowest BCUT2D eigenvalue weighted by Gasteiger charge is -2.16. The maximum absolute atomic E-state index is 15.0. The van der Waals surface area contributed by atoms with Crippen molar-refractivity contribution in [2.24, 2.45) is 5.73 Å². The zero-order valence-corrected chi connectivity index (χ0v) is 19.5. The van der Waals surface area contributed by atoms with E-state index in [1.54, 1.807) is 0 Å². The van der Waals surface area contributed by atoms with Gasteiger partial charge in [-0.15, -0.1) is 0 Å². The fourth-order valence-electron chi connectivity index (χ4n) is 3.99. The first-order chi connectivity index (χ1) is 17.3. The Balaban J connectivity index is 1.46. The van der Waals surface area contributed by atoms with Crippen molar-refractivity contribution in [3.63, 3.8) is 0 Å². The van der Waals surface area contributed by atoms with Crippen molar-refractivity contribution in [2.45, 2.75) is 19.1 Å². The van der Waals surface area contributed by atoms with E-state index in [0.29, 0.717) is 13.2 Å². The van der Waals surface area contributed by atoms with E-state index >= 15 is 4.39 Å². The Morgan fingerprint density at radius 2 is 1.53 bits per heavy atom. The smallest absolute Gasteiger partial charge is 0.414 e. The molecule has 0 saturated carbocycles. The zero-order chi connectivity index (χ0) is 25.8. The van der Waals surface area contributed by atoms with Crippen molar-refractivity contribution >= 4 is 29.5 Å². The van der Waals surface area contributed by atoms with Gasteiger partial charge in [-0.3, -0.25) is 14.6 Å². The van der Waals surface area contributed by atoms with Crippen molar-refractivity contribution in [1.29, 1.82) is 0 Å². The average Bonchev–Trinajstić information content (AvgIpc) is 3.40. The number of nitrogens with two attached hydrogens (primary N) is 1. The molecule has 2 aromatic carbocycles. The third kappa shape index (κ3) is 5.55. The topological polar surface area (TPSA) is 123 Å². The summed E-state index contributed by atoms with van der Waals surface area (Å²) in [6.07, 6.45) is -2.38. The Bertz CT molecular complexity index is 1160. The molecule has 2 saturated heterocycles. The number of benzene rings is 2. The number of nitrogens with one attached hydrogen (secondary N) is 1. The van der Waals surface area contributed by atoms with E-state index in [1.807, 2.05) is 0 Å². The summed E-state index contributed by atoms with van der Waals surface area (Å²) in [5, 5.41) is 2.57. The van der Waals surface area contributed by atoms with Crippen LogP contribution >= 0.6 is 0 Å². The minimum atomic E-state index is -0.741. The molecule has 2 heterocycles. The summed E-state index contributed by atoms with van der Waals surface area (Å²) in [5.74, 6) is -1.73. The van der Waals surface area contributed by atoms with Gasteiger partial charge in [0.15, 0.2) is 0 Å². The number of hydrogen-bond acceptors (Lipinski definition) is 7. The Hall–Kier alpha value is -3.77. The van der Waals surface area contributed by atoms with Gasteiger partial charge in [-0.05, 0) is 36.4 Å². The summed E-state index contributed by atoms with van der Waals surface area (Å²) in [4.78, 5) is 38.0. The van der Waals surface area contributed by atoms with Gasteiger partial charge < -0.3 is 25.3 Å². The molecule has 2 aromatic rings. The summed E-state index contributed by atoms with van der Waals surface area (Å²) in [7, 11) is 0.